The molecule has 1 aromatic carbocycles. The maximum atomic E-state index is 12.2. The van der Waals surface area contributed by atoms with E-state index in [1.54, 1.807) is 11.3 Å². The largest absolute Gasteiger partial charge is 0.354 e. The zero-order valence-corrected chi connectivity index (χ0v) is 13.9. The lowest BCUT2D eigenvalue weighted by Gasteiger charge is -2.19. The average molecular weight is 331 g/mol. The van der Waals surface area contributed by atoms with Crippen molar-refractivity contribution < 1.29 is 9.59 Å². The summed E-state index contributed by atoms with van der Waals surface area (Å²) in [5.74, 6) is -0.0914. The van der Waals surface area contributed by atoms with Crippen LogP contribution in [0.3, 0.4) is 0 Å². The minimum absolute atomic E-state index is 0.0914. The summed E-state index contributed by atoms with van der Waals surface area (Å²) in [4.78, 5) is 24.1. The van der Waals surface area contributed by atoms with E-state index >= 15 is 0 Å². The number of fused-ring (bicyclic) bond motifs is 1. The maximum Gasteiger partial charge on any atom is 0.315 e. The van der Waals surface area contributed by atoms with Crippen molar-refractivity contribution in [3.8, 4) is 0 Å². The highest BCUT2D eigenvalue weighted by Gasteiger charge is 2.23. The fraction of sp³-hybridized carbons (Fsp3) is 0.412. The van der Waals surface area contributed by atoms with Gasteiger partial charge in [0.2, 0.25) is 5.91 Å². The molecule has 1 aromatic heterocycles. The van der Waals surface area contributed by atoms with Crippen LogP contribution < -0.4 is 16.0 Å². The van der Waals surface area contributed by atoms with Crippen molar-refractivity contribution >= 4 is 33.4 Å². The molecular weight excluding hydrogens is 310 g/mol. The van der Waals surface area contributed by atoms with Gasteiger partial charge in [0.05, 0.1) is 6.04 Å². The molecule has 0 bridgehead atoms. The monoisotopic (exact) mass is 331 g/mol. The van der Waals surface area contributed by atoms with Crippen LogP contribution in [0.15, 0.2) is 29.6 Å². The van der Waals surface area contributed by atoms with E-state index < -0.39 is 6.04 Å². The van der Waals surface area contributed by atoms with Crippen molar-refractivity contribution in [1.82, 2.24) is 16.0 Å². The van der Waals surface area contributed by atoms with Gasteiger partial charge in [-0.2, -0.15) is 0 Å². The Morgan fingerprint density at radius 1 is 1.35 bits per heavy atom. The number of hydrogen-bond donors (Lipinski definition) is 3. The molecule has 0 spiro atoms. The summed E-state index contributed by atoms with van der Waals surface area (Å²) < 4.78 is 1.21. The molecule has 1 fully saturated rings. The van der Waals surface area contributed by atoms with Crippen LogP contribution in [0, 0.1) is 0 Å². The molecule has 2 aromatic rings. The summed E-state index contributed by atoms with van der Waals surface area (Å²) in [5.41, 5.74) is 1.10. The molecule has 1 aliphatic rings. The van der Waals surface area contributed by atoms with Crippen molar-refractivity contribution in [2.45, 2.75) is 38.3 Å². The average Bonchev–Trinajstić information content (AvgIpc) is 2.87. The molecule has 3 amide bonds. The molecule has 0 unspecified atom stereocenters. The van der Waals surface area contributed by atoms with Crippen LogP contribution in [0.4, 0.5) is 4.79 Å². The molecule has 0 aliphatic carbocycles. The highest BCUT2D eigenvalue weighted by molar-refractivity contribution is 7.17. The van der Waals surface area contributed by atoms with E-state index in [4.69, 9.17) is 0 Å². The first-order valence-corrected chi connectivity index (χ1v) is 8.84. The van der Waals surface area contributed by atoms with Crippen LogP contribution in [-0.2, 0) is 4.79 Å². The third kappa shape index (κ3) is 3.64. The van der Waals surface area contributed by atoms with Crippen molar-refractivity contribution in [3.05, 3.63) is 35.2 Å². The van der Waals surface area contributed by atoms with E-state index in [2.05, 4.69) is 33.5 Å². The van der Waals surface area contributed by atoms with Crippen LogP contribution in [0.5, 0.6) is 0 Å². The Morgan fingerprint density at radius 2 is 2.17 bits per heavy atom. The molecule has 3 N–H and O–H groups in total. The quantitative estimate of drug-likeness (QED) is 0.809. The predicted octanol–water partition coefficient (Wildman–Crippen LogP) is 2.93. The van der Waals surface area contributed by atoms with E-state index in [1.165, 1.54) is 4.70 Å². The van der Waals surface area contributed by atoms with Gasteiger partial charge in [-0.1, -0.05) is 18.2 Å². The molecule has 0 radical (unpaired) electrons. The Bertz CT molecular complexity index is 713. The van der Waals surface area contributed by atoms with E-state index in [-0.39, 0.29) is 18.0 Å². The molecule has 0 saturated carbocycles. The van der Waals surface area contributed by atoms with Gasteiger partial charge in [0, 0.05) is 11.2 Å². The Hall–Kier alpha value is -2.08. The number of carbonyl (C=O) groups is 2. The first-order valence-electron chi connectivity index (χ1n) is 7.96. The number of carbonyl (C=O) groups excluding carboxylic acids is 2. The minimum Gasteiger partial charge on any atom is -0.354 e. The molecule has 122 valence electrons. The van der Waals surface area contributed by atoms with Crippen LogP contribution in [0.1, 0.15) is 37.8 Å². The maximum absolute atomic E-state index is 12.2. The molecule has 2 atom stereocenters. The Morgan fingerprint density at radius 3 is 3.04 bits per heavy atom. The highest BCUT2D eigenvalue weighted by Crippen LogP contribution is 2.29. The molecule has 2 heterocycles. The van der Waals surface area contributed by atoms with Crippen molar-refractivity contribution in [3.63, 3.8) is 0 Å². The van der Waals surface area contributed by atoms with Gasteiger partial charge in [0.25, 0.3) is 0 Å². The topological polar surface area (TPSA) is 70.2 Å². The van der Waals surface area contributed by atoms with Gasteiger partial charge in [-0.25, -0.2) is 4.79 Å². The normalized spacial score (nSPS) is 19.7. The van der Waals surface area contributed by atoms with Crippen molar-refractivity contribution in [2.75, 3.05) is 6.54 Å². The lowest BCUT2D eigenvalue weighted by Crippen LogP contribution is -2.49. The third-order valence-corrected chi connectivity index (χ3v) is 5.15. The third-order valence-electron chi connectivity index (χ3n) is 4.17. The molecule has 5 nitrogen and oxygen atoms in total. The van der Waals surface area contributed by atoms with Gasteiger partial charge in [-0.15, -0.1) is 11.3 Å². The molecule has 3 rings (SSSR count). The van der Waals surface area contributed by atoms with Crippen LogP contribution in [0.25, 0.3) is 10.1 Å². The van der Waals surface area contributed by atoms with E-state index in [9.17, 15) is 9.59 Å². The van der Waals surface area contributed by atoms with Gasteiger partial charge in [0.15, 0.2) is 0 Å². The second-order valence-electron chi connectivity index (χ2n) is 5.87. The summed E-state index contributed by atoms with van der Waals surface area (Å²) in [6.45, 7) is 2.65. The van der Waals surface area contributed by atoms with E-state index in [1.807, 2.05) is 19.1 Å². The molecule has 1 aliphatic heterocycles. The first kappa shape index (κ1) is 15.8. The summed E-state index contributed by atoms with van der Waals surface area (Å²) in [6, 6.07) is 7.31. The number of benzene rings is 1. The number of rotatable bonds is 3. The summed E-state index contributed by atoms with van der Waals surface area (Å²) in [5, 5.41) is 11.8. The number of hydrogen-bond acceptors (Lipinski definition) is 3. The summed E-state index contributed by atoms with van der Waals surface area (Å²) in [6.07, 6.45) is 2.59. The van der Waals surface area contributed by atoms with Crippen molar-refractivity contribution in [1.29, 1.82) is 0 Å². The Labute approximate surface area is 139 Å². The van der Waals surface area contributed by atoms with Crippen LogP contribution in [0.2, 0.25) is 0 Å². The fourth-order valence-corrected chi connectivity index (χ4v) is 3.94. The van der Waals surface area contributed by atoms with Gasteiger partial charge < -0.3 is 16.0 Å². The second kappa shape index (κ2) is 7.00. The molecule has 6 heteroatoms. The fourth-order valence-electron chi connectivity index (χ4n) is 2.89. The van der Waals surface area contributed by atoms with Crippen LogP contribution in [-0.4, -0.2) is 24.5 Å². The number of thiophene rings is 1. The summed E-state index contributed by atoms with van der Waals surface area (Å²) >= 11 is 1.67. The van der Waals surface area contributed by atoms with E-state index in [0.29, 0.717) is 13.0 Å². The number of amides is 3. The Kier molecular flexibility index (Phi) is 4.81. The zero-order chi connectivity index (χ0) is 16.2. The second-order valence-corrected chi connectivity index (χ2v) is 6.78. The lowest BCUT2D eigenvalue weighted by molar-refractivity contribution is -0.122. The van der Waals surface area contributed by atoms with Gasteiger partial charge in [-0.3, -0.25) is 4.79 Å². The lowest BCUT2D eigenvalue weighted by atomic mass is 10.1. The minimum atomic E-state index is -0.441. The Balaban J connectivity index is 1.64. The highest BCUT2D eigenvalue weighted by atomic mass is 32.1. The number of nitrogens with one attached hydrogen (secondary N) is 3. The van der Waals surface area contributed by atoms with Gasteiger partial charge in [0.1, 0.15) is 6.04 Å². The molecule has 23 heavy (non-hydrogen) atoms. The SMILES string of the molecule is C[C@H](NC(=O)N[C@@H]1CCCCNC1=O)c1csc2ccccc12. The smallest absolute Gasteiger partial charge is 0.315 e. The van der Waals surface area contributed by atoms with Crippen LogP contribution >= 0.6 is 11.3 Å². The predicted molar refractivity (Wildman–Crippen MR) is 92.6 cm³/mol. The standard InChI is InChI=1S/C17H21N3O2S/c1-11(13-10-23-15-8-3-2-6-12(13)15)19-17(22)20-14-7-4-5-9-18-16(14)21/h2-3,6,8,10-11,14H,4-5,7,9H2,1H3,(H,18,21)(H2,19,20,22)/t11-,14+/m0/s1. The zero-order valence-electron chi connectivity index (χ0n) is 13.1. The number of urea groups is 1. The summed E-state index contributed by atoms with van der Waals surface area (Å²) in [7, 11) is 0. The first-order chi connectivity index (χ1) is 11.1. The molecule has 1 saturated heterocycles. The van der Waals surface area contributed by atoms with E-state index in [0.717, 1.165) is 23.8 Å². The van der Waals surface area contributed by atoms with Gasteiger partial charge in [-0.05, 0) is 48.6 Å². The molecular formula is C17H21N3O2S. The van der Waals surface area contributed by atoms with Gasteiger partial charge >= 0.3 is 6.03 Å². The van der Waals surface area contributed by atoms with Crippen molar-refractivity contribution in [2.24, 2.45) is 0 Å².